The lowest BCUT2D eigenvalue weighted by Crippen LogP contribution is -2.28. The Labute approximate surface area is 151 Å². The maximum absolute atomic E-state index is 11.5. The minimum absolute atomic E-state index is 0.00713. The van der Waals surface area contributed by atoms with Gasteiger partial charge in [0.1, 0.15) is 12.0 Å². The predicted octanol–water partition coefficient (Wildman–Crippen LogP) is 3.31. The van der Waals surface area contributed by atoms with Gasteiger partial charge in [0, 0.05) is 20.7 Å². The molecule has 2 heterocycles. The van der Waals surface area contributed by atoms with Crippen molar-refractivity contribution in [2.75, 3.05) is 23.8 Å². The molecular weight excluding hydrogens is 392 g/mol. The fourth-order valence-corrected chi connectivity index (χ4v) is 3.97. The van der Waals surface area contributed by atoms with E-state index in [9.17, 15) is 4.79 Å². The summed E-state index contributed by atoms with van der Waals surface area (Å²) in [6, 6.07) is 8.35. The zero-order valence-electron chi connectivity index (χ0n) is 12.7. The van der Waals surface area contributed by atoms with E-state index in [4.69, 9.17) is 4.74 Å². The Morgan fingerprint density at radius 1 is 1.29 bits per heavy atom. The molecule has 1 aromatic heterocycles. The molecule has 0 bridgehead atoms. The molecular formula is C16H15BrN4O2S. The van der Waals surface area contributed by atoms with Crippen molar-refractivity contribution in [3.8, 4) is 5.88 Å². The van der Waals surface area contributed by atoms with E-state index in [1.165, 1.54) is 11.2 Å². The summed E-state index contributed by atoms with van der Waals surface area (Å²) in [6.45, 7) is 0.764. The van der Waals surface area contributed by atoms with Crippen LogP contribution in [0.25, 0.3) is 0 Å². The molecule has 24 heavy (non-hydrogen) atoms. The number of amides is 1. The molecule has 2 N–H and O–H groups in total. The highest BCUT2D eigenvalue weighted by Gasteiger charge is 2.43. The minimum atomic E-state index is -0.189. The predicted molar refractivity (Wildman–Crippen MR) is 96.6 cm³/mol. The molecule has 1 aliphatic carbocycles. The molecule has 2 aromatic rings. The van der Waals surface area contributed by atoms with Gasteiger partial charge in [-0.2, -0.15) is 4.98 Å². The summed E-state index contributed by atoms with van der Waals surface area (Å²) in [5.74, 6) is 0.832. The third-order valence-corrected chi connectivity index (χ3v) is 5.97. The van der Waals surface area contributed by atoms with Crippen LogP contribution in [0, 0.1) is 0 Å². The Morgan fingerprint density at radius 3 is 2.83 bits per heavy atom. The van der Waals surface area contributed by atoms with Crippen LogP contribution in [-0.4, -0.2) is 33.8 Å². The number of carbonyl (C=O) groups is 1. The van der Waals surface area contributed by atoms with E-state index in [0.29, 0.717) is 17.4 Å². The first-order valence-corrected chi connectivity index (χ1v) is 9.21. The number of fused-ring (bicyclic) bond motifs is 1. The van der Waals surface area contributed by atoms with Crippen LogP contribution in [-0.2, 0) is 4.79 Å². The van der Waals surface area contributed by atoms with Gasteiger partial charge >= 0.3 is 0 Å². The van der Waals surface area contributed by atoms with E-state index in [2.05, 4.69) is 60.8 Å². The Hall–Kier alpha value is -1.80. The molecule has 124 valence electrons. The van der Waals surface area contributed by atoms with Gasteiger partial charge in [-0.15, -0.1) is 11.8 Å². The highest BCUT2D eigenvalue weighted by atomic mass is 79.9. The van der Waals surface area contributed by atoms with E-state index >= 15 is 0 Å². The lowest BCUT2D eigenvalue weighted by Gasteiger charge is -2.21. The van der Waals surface area contributed by atoms with Gasteiger partial charge in [-0.1, -0.05) is 15.9 Å². The van der Waals surface area contributed by atoms with Gasteiger partial charge < -0.3 is 15.4 Å². The average molecular weight is 407 g/mol. The smallest absolute Gasteiger partial charge is 0.262 e. The standard InChI is InChI=1S/C16H15BrN4O2S/c17-10-1-3-11(4-2-10)24-16(5-6-16)8-18-14-13-15(20-9-19-14)23-7-12(22)21-13/h1-4,9H,5-8H2,(H,21,22)(H,18,19,20). The van der Waals surface area contributed by atoms with Crippen LogP contribution in [0.3, 0.4) is 0 Å². The summed E-state index contributed by atoms with van der Waals surface area (Å²) >= 11 is 5.34. The molecule has 8 heteroatoms. The summed E-state index contributed by atoms with van der Waals surface area (Å²) in [6.07, 6.45) is 3.74. The molecule has 1 aromatic carbocycles. The van der Waals surface area contributed by atoms with Gasteiger partial charge in [-0.3, -0.25) is 4.79 Å². The van der Waals surface area contributed by atoms with Crippen molar-refractivity contribution in [3.05, 3.63) is 35.1 Å². The van der Waals surface area contributed by atoms with Gasteiger partial charge in [-0.05, 0) is 37.1 Å². The summed E-state index contributed by atoms with van der Waals surface area (Å²) in [5, 5.41) is 6.13. The monoisotopic (exact) mass is 406 g/mol. The first-order chi connectivity index (χ1) is 11.6. The molecule has 1 aliphatic heterocycles. The minimum Gasteiger partial charge on any atom is -0.466 e. The van der Waals surface area contributed by atoms with Gasteiger partial charge in [0.2, 0.25) is 5.88 Å². The van der Waals surface area contributed by atoms with Crippen LogP contribution in [0.5, 0.6) is 5.88 Å². The van der Waals surface area contributed by atoms with E-state index in [-0.39, 0.29) is 17.3 Å². The molecule has 0 spiro atoms. The molecule has 1 saturated carbocycles. The van der Waals surface area contributed by atoms with Crippen LogP contribution in [0.1, 0.15) is 12.8 Å². The SMILES string of the molecule is O=C1COc2ncnc(NCC3(Sc4ccc(Br)cc4)CC3)c2N1. The van der Waals surface area contributed by atoms with Gasteiger partial charge in [0.05, 0.1) is 0 Å². The second kappa shape index (κ2) is 6.25. The number of ether oxygens (including phenoxy) is 1. The second-order valence-corrected chi connectivity index (χ2v) is 8.29. The van der Waals surface area contributed by atoms with Crippen LogP contribution in [0.2, 0.25) is 0 Å². The zero-order valence-corrected chi connectivity index (χ0v) is 15.1. The number of aromatic nitrogens is 2. The summed E-state index contributed by atoms with van der Waals surface area (Å²) in [7, 11) is 0. The highest BCUT2D eigenvalue weighted by molar-refractivity contribution is 9.10. The fraction of sp³-hybridized carbons (Fsp3) is 0.312. The van der Waals surface area contributed by atoms with Gasteiger partial charge in [0.15, 0.2) is 12.4 Å². The van der Waals surface area contributed by atoms with Gasteiger partial charge in [0.25, 0.3) is 5.91 Å². The van der Waals surface area contributed by atoms with Crippen LogP contribution >= 0.6 is 27.7 Å². The normalized spacial score (nSPS) is 17.5. The zero-order chi connectivity index (χ0) is 16.6. The lowest BCUT2D eigenvalue weighted by molar-refractivity contribution is -0.118. The van der Waals surface area contributed by atoms with Crippen molar-refractivity contribution in [3.63, 3.8) is 0 Å². The summed E-state index contributed by atoms with van der Waals surface area (Å²) in [4.78, 5) is 21.1. The van der Waals surface area contributed by atoms with Crippen LogP contribution in [0.4, 0.5) is 11.5 Å². The second-order valence-electron chi connectivity index (χ2n) is 5.83. The van der Waals surface area contributed by atoms with E-state index < -0.39 is 0 Å². The number of hydrogen-bond acceptors (Lipinski definition) is 6. The van der Waals surface area contributed by atoms with Crippen molar-refractivity contribution in [2.24, 2.45) is 0 Å². The molecule has 1 amide bonds. The van der Waals surface area contributed by atoms with Crippen molar-refractivity contribution in [2.45, 2.75) is 22.5 Å². The number of hydrogen-bond donors (Lipinski definition) is 2. The lowest BCUT2D eigenvalue weighted by atomic mass is 10.3. The number of carbonyl (C=O) groups excluding carboxylic acids is 1. The average Bonchev–Trinajstić information content (AvgIpc) is 3.35. The Bertz CT molecular complexity index is 780. The maximum Gasteiger partial charge on any atom is 0.262 e. The van der Waals surface area contributed by atoms with Gasteiger partial charge in [-0.25, -0.2) is 4.98 Å². The van der Waals surface area contributed by atoms with Crippen molar-refractivity contribution < 1.29 is 9.53 Å². The number of benzene rings is 1. The van der Waals surface area contributed by atoms with Crippen molar-refractivity contribution in [1.29, 1.82) is 0 Å². The topological polar surface area (TPSA) is 76.1 Å². The third kappa shape index (κ3) is 3.34. The van der Waals surface area contributed by atoms with E-state index in [0.717, 1.165) is 23.9 Å². The third-order valence-electron chi connectivity index (χ3n) is 3.95. The molecule has 0 radical (unpaired) electrons. The Balaban J connectivity index is 1.45. The van der Waals surface area contributed by atoms with Crippen LogP contribution < -0.4 is 15.4 Å². The summed E-state index contributed by atoms with van der Waals surface area (Å²) in [5.41, 5.74) is 0.526. The first kappa shape index (κ1) is 15.7. The quantitative estimate of drug-likeness (QED) is 0.792. The first-order valence-electron chi connectivity index (χ1n) is 7.60. The maximum atomic E-state index is 11.5. The number of nitrogens with zero attached hydrogens (tertiary/aromatic N) is 2. The fourth-order valence-electron chi connectivity index (χ4n) is 2.49. The molecule has 4 rings (SSSR count). The highest BCUT2D eigenvalue weighted by Crippen LogP contribution is 2.52. The number of halogens is 1. The van der Waals surface area contributed by atoms with Crippen molar-refractivity contribution in [1.82, 2.24) is 9.97 Å². The number of nitrogens with one attached hydrogen (secondary N) is 2. The van der Waals surface area contributed by atoms with E-state index in [1.54, 1.807) is 0 Å². The molecule has 1 fully saturated rings. The molecule has 0 saturated heterocycles. The largest absolute Gasteiger partial charge is 0.466 e. The van der Waals surface area contributed by atoms with Crippen molar-refractivity contribution >= 4 is 45.1 Å². The number of rotatable bonds is 5. The molecule has 6 nitrogen and oxygen atoms in total. The summed E-state index contributed by atoms with van der Waals surface area (Å²) < 4.78 is 6.57. The molecule has 0 unspecified atom stereocenters. The number of thioether (sulfide) groups is 1. The Morgan fingerprint density at radius 2 is 2.08 bits per heavy atom. The molecule has 2 aliphatic rings. The number of anilines is 2. The Kier molecular flexibility index (Phi) is 4.09. The molecule has 0 atom stereocenters. The van der Waals surface area contributed by atoms with E-state index in [1.807, 2.05) is 11.8 Å². The van der Waals surface area contributed by atoms with Crippen LogP contribution in [0.15, 0.2) is 40.0 Å².